The summed E-state index contributed by atoms with van der Waals surface area (Å²) in [4.78, 5) is 7.07. The maximum atomic E-state index is 4.81. The standard InChI is InChI=1S/C11H18N2O/c1-4-13(2)9-10-5-7-11(8-6-10)12-14-3/h5-8,12H,4,9H2,1-3H3. The highest BCUT2D eigenvalue weighted by molar-refractivity contribution is 5.42. The highest BCUT2D eigenvalue weighted by Gasteiger charge is 1.97. The Morgan fingerprint density at radius 3 is 2.43 bits per heavy atom. The Bertz CT molecular complexity index is 258. The van der Waals surface area contributed by atoms with Crippen molar-refractivity contribution in [3.05, 3.63) is 29.8 Å². The topological polar surface area (TPSA) is 24.5 Å². The Balaban J connectivity index is 2.54. The third-order valence-electron chi connectivity index (χ3n) is 2.17. The predicted molar refractivity (Wildman–Crippen MR) is 59.1 cm³/mol. The predicted octanol–water partition coefficient (Wildman–Crippen LogP) is 2.11. The number of nitrogens with one attached hydrogen (secondary N) is 1. The summed E-state index contributed by atoms with van der Waals surface area (Å²) in [5.41, 5.74) is 5.09. The van der Waals surface area contributed by atoms with Crippen LogP contribution in [0.25, 0.3) is 0 Å². The molecule has 0 bridgehead atoms. The van der Waals surface area contributed by atoms with Crippen LogP contribution in [0, 0.1) is 0 Å². The van der Waals surface area contributed by atoms with Crippen LogP contribution >= 0.6 is 0 Å². The molecule has 1 aromatic carbocycles. The Morgan fingerprint density at radius 2 is 1.93 bits per heavy atom. The van der Waals surface area contributed by atoms with Crippen LogP contribution in [-0.2, 0) is 11.4 Å². The van der Waals surface area contributed by atoms with Gasteiger partial charge in [-0.25, -0.2) is 0 Å². The average Bonchev–Trinajstić information content (AvgIpc) is 2.21. The van der Waals surface area contributed by atoms with Crippen molar-refractivity contribution in [1.29, 1.82) is 0 Å². The molecular weight excluding hydrogens is 176 g/mol. The summed E-state index contributed by atoms with van der Waals surface area (Å²) in [6.07, 6.45) is 0. The number of hydrogen-bond acceptors (Lipinski definition) is 3. The lowest BCUT2D eigenvalue weighted by atomic mass is 10.2. The lowest BCUT2D eigenvalue weighted by Gasteiger charge is -2.13. The zero-order valence-electron chi connectivity index (χ0n) is 9.08. The van der Waals surface area contributed by atoms with Gasteiger partial charge >= 0.3 is 0 Å². The minimum atomic E-state index is 0.982. The zero-order chi connectivity index (χ0) is 10.4. The minimum absolute atomic E-state index is 0.982. The molecule has 3 nitrogen and oxygen atoms in total. The van der Waals surface area contributed by atoms with Gasteiger partial charge in [0.05, 0.1) is 12.8 Å². The van der Waals surface area contributed by atoms with E-state index in [0.29, 0.717) is 0 Å². The molecule has 78 valence electrons. The first-order valence-corrected chi connectivity index (χ1v) is 4.82. The molecule has 0 saturated carbocycles. The summed E-state index contributed by atoms with van der Waals surface area (Å²) in [6.45, 7) is 4.21. The molecule has 0 amide bonds. The third kappa shape index (κ3) is 3.36. The Kier molecular flexibility index (Phi) is 4.43. The second-order valence-corrected chi connectivity index (χ2v) is 3.33. The number of benzene rings is 1. The molecule has 0 aromatic heterocycles. The van der Waals surface area contributed by atoms with E-state index in [-0.39, 0.29) is 0 Å². The summed E-state index contributed by atoms with van der Waals surface area (Å²) < 4.78 is 0. The van der Waals surface area contributed by atoms with E-state index < -0.39 is 0 Å². The zero-order valence-corrected chi connectivity index (χ0v) is 9.08. The fourth-order valence-electron chi connectivity index (χ4n) is 1.22. The lowest BCUT2D eigenvalue weighted by molar-refractivity contribution is 0.271. The molecule has 1 rings (SSSR count). The smallest absolute Gasteiger partial charge is 0.0636 e. The molecule has 0 fully saturated rings. The van der Waals surface area contributed by atoms with E-state index in [2.05, 4.69) is 36.5 Å². The summed E-state index contributed by atoms with van der Waals surface area (Å²) in [5.74, 6) is 0. The van der Waals surface area contributed by atoms with Crippen LogP contribution in [0.4, 0.5) is 5.69 Å². The van der Waals surface area contributed by atoms with Gasteiger partial charge in [-0.05, 0) is 31.3 Å². The van der Waals surface area contributed by atoms with Crippen LogP contribution in [0.1, 0.15) is 12.5 Å². The largest absolute Gasteiger partial charge is 0.302 e. The monoisotopic (exact) mass is 194 g/mol. The van der Waals surface area contributed by atoms with Crippen molar-refractivity contribution in [3.63, 3.8) is 0 Å². The van der Waals surface area contributed by atoms with Crippen LogP contribution in [0.3, 0.4) is 0 Å². The molecule has 0 atom stereocenters. The molecular formula is C11H18N2O. The maximum absolute atomic E-state index is 4.81. The van der Waals surface area contributed by atoms with Crippen molar-refractivity contribution in [3.8, 4) is 0 Å². The second-order valence-electron chi connectivity index (χ2n) is 3.33. The molecule has 0 aliphatic heterocycles. The van der Waals surface area contributed by atoms with E-state index in [1.54, 1.807) is 7.11 Å². The van der Waals surface area contributed by atoms with Gasteiger partial charge in [0.25, 0.3) is 0 Å². The van der Waals surface area contributed by atoms with E-state index in [4.69, 9.17) is 4.84 Å². The maximum Gasteiger partial charge on any atom is 0.0636 e. The third-order valence-corrected chi connectivity index (χ3v) is 2.17. The lowest BCUT2D eigenvalue weighted by Crippen LogP contribution is -2.16. The molecule has 0 unspecified atom stereocenters. The van der Waals surface area contributed by atoms with Crippen molar-refractivity contribution < 1.29 is 4.84 Å². The van der Waals surface area contributed by atoms with E-state index in [1.807, 2.05) is 12.1 Å². The summed E-state index contributed by atoms with van der Waals surface area (Å²) in [5, 5.41) is 0. The highest BCUT2D eigenvalue weighted by Crippen LogP contribution is 2.10. The first-order valence-electron chi connectivity index (χ1n) is 4.82. The first kappa shape index (κ1) is 11.0. The molecule has 1 N–H and O–H groups in total. The van der Waals surface area contributed by atoms with Gasteiger partial charge in [-0.1, -0.05) is 19.1 Å². The molecule has 0 aliphatic rings. The summed E-state index contributed by atoms with van der Waals surface area (Å²) in [6, 6.07) is 8.24. The van der Waals surface area contributed by atoms with E-state index in [9.17, 15) is 0 Å². The number of anilines is 1. The van der Waals surface area contributed by atoms with Gasteiger partial charge in [0.15, 0.2) is 0 Å². The van der Waals surface area contributed by atoms with Gasteiger partial charge in [0, 0.05) is 6.54 Å². The normalized spacial score (nSPS) is 10.6. The fraction of sp³-hybridized carbons (Fsp3) is 0.455. The van der Waals surface area contributed by atoms with Crippen LogP contribution in [0.15, 0.2) is 24.3 Å². The van der Waals surface area contributed by atoms with Crippen molar-refractivity contribution in [2.45, 2.75) is 13.5 Å². The molecule has 0 heterocycles. The van der Waals surface area contributed by atoms with Crippen LogP contribution in [0.5, 0.6) is 0 Å². The molecule has 0 radical (unpaired) electrons. The summed E-state index contributed by atoms with van der Waals surface area (Å²) in [7, 11) is 3.72. The van der Waals surface area contributed by atoms with Gasteiger partial charge in [0.2, 0.25) is 0 Å². The molecule has 1 aromatic rings. The number of hydrogen-bond donors (Lipinski definition) is 1. The van der Waals surface area contributed by atoms with Crippen molar-refractivity contribution in [1.82, 2.24) is 4.90 Å². The minimum Gasteiger partial charge on any atom is -0.302 e. The second kappa shape index (κ2) is 5.62. The van der Waals surface area contributed by atoms with Crippen molar-refractivity contribution in [2.75, 3.05) is 26.2 Å². The molecule has 3 heteroatoms. The SMILES string of the molecule is CCN(C)Cc1ccc(NOC)cc1. The van der Waals surface area contributed by atoms with E-state index in [1.165, 1.54) is 5.56 Å². The molecule has 0 aliphatic carbocycles. The van der Waals surface area contributed by atoms with Gasteiger partial charge in [-0.2, -0.15) is 0 Å². The Hall–Kier alpha value is -1.06. The molecule has 0 saturated heterocycles. The van der Waals surface area contributed by atoms with Crippen molar-refractivity contribution in [2.24, 2.45) is 0 Å². The highest BCUT2D eigenvalue weighted by atomic mass is 16.6. The van der Waals surface area contributed by atoms with Gasteiger partial charge in [-0.15, -0.1) is 0 Å². The van der Waals surface area contributed by atoms with Gasteiger partial charge < -0.3 is 4.90 Å². The summed E-state index contributed by atoms with van der Waals surface area (Å²) >= 11 is 0. The number of rotatable bonds is 5. The van der Waals surface area contributed by atoms with E-state index in [0.717, 1.165) is 18.8 Å². The van der Waals surface area contributed by atoms with Crippen LogP contribution in [-0.4, -0.2) is 25.6 Å². The van der Waals surface area contributed by atoms with Crippen LogP contribution in [0.2, 0.25) is 0 Å². The average molecular weight is 194 g/mol. The van der Waals surface area contributed by atoms with Crippen molar-refractivity contribution >= 4 is 5.69 Å². The van der Waals surface area contributed by atoms with E-state index >= 15 is 0 Å². The molecule has 0 spiro atoms. The first-order chi connectivity index (χ1) is 6.76. The number of nitrogens with zero attached hydrogens (tertiary/aromatic N) is 1. The Morgan fingerprint density at radius 1 is 1.29 bits per heavy atom. The Labute approximate surface area is 85.6 Å². The quantitative estimate of drug-likeness (QED) is 0.727. The molecule has 14 heavy (non-hydrogen) atoms. The fourth-order valence-corrected chi connectivity index (χ4v) is 1.22. The van der Waals surface area contributed by atoms with Gasteiger partial charge in [0.1, 0.15) is 0 Å². The van der Waals surface area contributed by atoms with Gasteiger partial charge in [-0.3, -0.25) is 10.3 Å². The van der Waals surface area contributed by atoms with Crippen LogP contribution < -0.4 is 5.48 Å².